The number of hydrogen-bond acceptors (Lipinski definition) is 0. The summed E-state index contributed by atoms with van der Waals surface area (Å²) in [6, 6.07) is 20.0. The summed E-state index contributed by atoms with van der Waals surface area (Å²) < 4.78 is 0. The maximum atomic E-state index is 2.00. The molecule has 0 aliphatic heterocycles. The summed E-state index contributed by atoms with van der Waals surface area (Å²) >= 11 is 0. The van der Waals surface area contributed by atoms with Gasteiger partial charge in [-0.3, -0.25) is 0 Å². The van der Waals surface area contributed by atoms with E-state index >= 15 is 0 Å². The molecule has 0 amide bonds. The van der Waals surface area contributed by atoms with E-state index in [0.29, 0.717) is 0 Å². The van der Waals surface area contributed by atoms with Crippen LogP contribution in [-0.4, -0.2) is 0 Å². The third-order valence-electron chi connectivity index (χ3n) is 1.11. The summed E-state index contributed by atoms with van der Waals surface area (Å²) in [6.45, 7) is 0. The Balaban J connectivity index is -0.000000125. The van der Waals surface area contributed by atoms with Crippen LogP contribution in [0.4, 0.5) is 0 Å². The van der Waals surface area contributed by atoms with Gasteiger partial charge in [-0.1, -0.05) is 0 Å². The van der Waals surface area contributed by atoms with Gasteiger partial charge in [-0.25, -0.2) is 24.3 Å². The van der Waals surface area contributed by atoms with Crippen molar-refractivity contribution in [3.8, 4) is 0 Å². The first-order valence-corrected chi connectivity index (χ1v) is 3.33. The Kier molecular flexibility index (Phi) is 19.7. The van der Waals surface area contributed by atoms with Crippen LogP contribution in [0.2, 0.25) is 0 Å². The Morgan fingerprint density at radius 1 is 0.538 bits per heavy atom. The van der Waals surface area contributed by atoms with E-state index in [0.717, 1.165) is 0 Å². The van der Waals surface area contributed by atoms with Crippen molar-refractivity contribution in [1.29, 1.82) is 0 Å². The van der Waals surface area contributed by atoms with E-state index in [1.807, 2.05) is 60.7 Å². The second-order valence-corrected chi connectivity index (χ2v) is 1.92. The largest absolute Gasteiger partial charge is 0.358 e. The predicted octanol–water partition coefficient (Wildman–Crippen LogP) is 3.71. The summed E-state index contributed by atoms with van der Waals surface area (Å²) in [7, 11) is 0. The minimum Gasteiger partial charge on any atom is -0.358 e. The van der Waals surface area contributed by atoms with Crippen molar-refractivity contribution in [3.05, 3.63) is 75.5 Å². The molecule has 0 saturated carbocycles. The molecule has 0 atom stereocenters. The molecule has 0 heterocycles. The van der Waals surface area contributed by atoms with Crippen LogP contribution < -0.4 is 0 Å². The van der Waals surface area contributed by atoms with Gasteiger partial charge in [-0.05, 0) is 0 Å². The van der Waals surface area contributed by atoms with Crippen LogP contribution in [0.25, 0.3) is 0 Å². The summed E-state index contributed by atoms with van der Waals surface area (Å²) in [5.41, 5.74) is 0. The molecule has 0 aliphatic carbocycles. The molecule has 0 spiro atoms. The van der Waals surface area contributed by atoms with Crippen LogP contribution in [0.15, 0.2) is 60.7 Å². The fourth-order valence-corrected chi connectivity index (χ4v) is 0.642. The fourth-order valence-electron chi connectivity index (χ4n) is 0.642. The van der Waals surface area contributed by atoms with Gasteiger partial charge in [0, 0.05) is 22.4 Å². The van der Waals surface area contributed by atoms with E-state index in [2.05, 4.69) is 0 Å². The second kappa shape index (κ2) is 14.0. The van der Waals surface area contributed by atoms with Crippen LogP contribution in [0.5, 0.6) is 0 Å². The van der Waals surface area contributed by atoms with Gasteiger partial charge in [0.15, 0.2) is 0 Å². The number of hydrogen-bond donors (Lipinski definition) is 0. The zero-order valence-corrected chi connectivity index (χ0v) is 11.4. The minimum atomic E-state index is 0. The monoisotopic (exact) mass is 341 g/mol. The molecule has 13 heavy (non-hydrogen) atoms. The van der Waals surface area contributed by atoms with E-state index in [9.17, 15) is 0 Å². The van der Waals surface area contributed by atoms with Gasteiger partial charge in [-0.15, -0.1) is 0 Å². The van der Waals surface area contributed by atoms with E-state index in [1.54, 1.807) is 0 Å². The van der Waals surface area contributed by atoms with Crippen molar-refractivity contribution in [2.24, 2.45) is 0 Å². The standard InChI is InChI=1S/2C5H5.2CH3.Ta/c2*1-2-4-5-3-1;;;/h2*1-5H;2*1H3;/q4*-1;. The van der Waals surface area contributed by atoms with Gasteiger partial charge in [0.1, 0.15) is 0 Å². The molecule has 2 rings (SSSR count). The molecular weight excluding hydrogens is 325 g/mol. The third kappa shape index (κ3) is 11.4. The van der Waals surface area contributed by atoms with Gasteiger partial charge in [-0.2, -0.15) is 36.4 Å². The molecular formula is C12H16Ta-4. The molecule has 0 saturated heterocycles. The van der Waals surface area contributed by atoms with Crippen LogP contribution in [-0.2, 0) is 22.4 Å². The van der Waals surface area contributed by atoms with Crippen molar-refractivity contribution in [1.82, 2.24) is 0 Å². The molecule has 0 nitrogen and oxygen atoms in total. The maximum absolute atomic E-state index is 2.00. The molecule has 1 heteroatoms. The van der Waals surface area contributed by atoms with Gasteiger partial charge in [0.25, 0.3) is 0 Å². The zero-order chi connectivity index (χ0) is 7.07. The summed E-state index contributed by atoms with van der Waals surface area (Å²) in [5, 5.41) is 0. The molecule has 1 radical (unpaired) electrons. The Morgan fingerprint density at radius 2 is 0.769 bits per heavy atom. The van der Waals surface area contributed by atoms with E-state index in [4.69, 9.17) is 0 Å². The molecule has 0 aromatic heterocycles. The smallest absolute Gasteiger partial charge is 0 e. The van der Waals surface area contributed by atoms with Gasteiger partial charge < -0.3 is 14.9 Å². The first-order valence-electron chi connectivity index (χ1n) is 3.33. The molecule has 2 aromatic rings. The summed E-state index contributed by atoms with van der Waals surface area (Å²) in [5.74, 6) is 0. The van der Waals surface area contributed by atoms with E-state index in [-0.39, 0.29) is 37.2 Å². The van der Waals surface area contributed by atoms with Crippen molar-refractivity contribution in [2.75, 3.05) is 0 Å². The van der Waals surface area contributed by atoms with Crippen LogP contribution in [0.1, 0.15) is 0 Å². The number of rotatable bonds is 0. The molecule has 2 aromatic carbocycles. The molecule has 0 N–H and O–H groups in total. The van der Waals surface area contributed by atoms with Crippen LogP contribution in [0.3, 0.4) is 0 Å². The Morgan fingerprint density at radius 3 is 0.846 bits per heavy atom. The van der Waals surface area contributed by atoms with Crippen LogP contribution in [0, 0.1) is 14.9 Å². The van der Waals surface area contributed by atoms with Crippen molar-refractivity contribution in [2.45, 2.75) is 0 Å². The molecule has 0 bridgehead atoms. The first-order chi connectivity index (χ1) is 5.00. The quantitative estimate of drug-likeness (QED) is 0.641. The van der Waals surface area contributed by atoms with E-state index < -0.39 is 0 Å². The maximum Gasteiger partial charge on any atom is 0 e. The Bertz CT molecular complexity index is 144. The predicted molar refractivity (Wildman–Crippen MR) is 56.9 cm³/mol. The average Bonchev–Trinajstić information content (AvgIpc) is 2.67. The summed E-state index contributed by atoms with van der Waals surface area (Å²) in [6.07, 6.45) is 0. The van der Waals surface area contributed by atoms with Crippen molar-refractivity contribution < 1.29 is 22.4 Å². The fraction of sp³-hybridized carbons (Fsp3) is 0. The van der Waals surface area contributed by atoms with Crippen molar-refractivity contribution >= 4 is 0 Å². The normalized spacial score (nSPS) is 6.15. The average molecular weight is 341 g/mol. The first kappa shape index (κ1) is 18.3. The topological polar surface area (TPSA) is 0 Å². The van der Waals surface area contributed by atoms with Crippen molar-refractivity contribution in [3.63, 3.8) is 0 Å². The SMILES string of the molecule is [CH3-].[CH3-].[Ta].c1cc[cH-]c1.c1cc[cH-]c1. The van der Waals surface area contributed by atoms with E-state index in [1.165, 1.54) is 0 Å². The second-order valence-electron chi connectivity index (χ2n) is 1.92. The molecule has 0 fully saturated rings. The summed E-state index contributed by atoms with van der Waals surface area (Å²) in [4.78, 5) is 0. The van der Waals surface area contributed by atoms with Crippen LogP contribution >= 0.6 is 0 Å². The van der Waals surface area contributed by atoms with Gasteiger partial charge in [0.2, 0.25) is 0 Å². The zero-order valence-electron chi connectivity index (χ0n) is 8.22. The minimum absolute atomic E-state index is 0. The Hall–Kier alpha value is -0.560. The third-order valence-corrected chi connectivity index (χ3v) is 1.11. The molecule has 73 valence electrons. The van der Waals surface area contributed by atoms with Gasteiger partial charge >= 0.3 is 0 Å². The van der Waals surface area contributed by atoms with Gasteiger partial charge in [0.05, 0.1) is 0 Å². The molecule has 0 aliphatic rings. The molecule has 0 unspecified atom stereocenters. The Labute approximate surface area is 97.8 Å².